The molecule has 5 nitrogen and oxygen atoms in total. The summed E-state index contributed by atoms with van der Waals surface area (Å²) in [6.07, 6.45) is 0.592. The molecule has 6 heteroatoms. The van der Waals surface area contributed by atoms with Crippen LogP contribution >= 0.6 is 0 Å². The minimum atomic E-state index is -2.04. The summed E-state index contributed by atoms with van der Waals surface area (Å²) >= 11 is 0. The number of hydrogen-bond acceptors (Lipinski definition) is 4. The van der Waals surface area contributed by atoms with Gasteiger partial charge in [-0.15, -0.1) is 0 Å². The van der Waals surface area contributed by atoms with Crippen LogP contribution in [0.2, 0.25) is 0 Å². The number of carboxylic acid groups (broad SMARTS) is 1. The standard InChI is InChI=1S/C7H10FN3O2/c1-4-10-3-7(8,11-4)2-5(9)6(12)13/h3,5H,2,9H2,1H3,(H,12,13). The number of carboxylic acids is 1. The minimum Gasteiger partial charge on any atom is -0.480 e. The summed E-state index contributed by atoms with van der Waals surface area (Å²) in [5, 5.41) is 8.44. The number of nitrogens with zero attached hydrogens (tertiary/aromatic N) is 2. The van der Waals surface area contributed by atoms with Crippen molar-refractivity contribution in [2.75, 3.05) is 0 Å². The molecule has 0 fully saturated rings. The number of nitrogens with two attached hydrogens (primary N) is 1. The molecule has 0 radical (unpaired) electrons. The third-order valence-electron chi connectivity index (χ3n) is 1.62. The quantitative estimate of drug-likeness (QED) is 0.607. The lowest BCUT2D eigenvalue weighted by Gasteiger charge is -2.14. The topological polar surface area (TPSA) is 88.0 Å². The van der Waals surface area contributed by atoms with E-state index in [2.05, 4.69) is 9.98 Å². The SMILES string of the molecule is CC1=NC(F)(CC(N)C(=O)O)C=N1. The van der Waals surface area contributed by atoms with Gasteiger partial charge in [-0.2, -0.15) is 0 Å². The van der Waals surface area contributed by atoms with E-state index in [0.29, 0.717) is 5.84 Å². The van der Waals surface area contributed by atoms with Crippen molar-refractivity contribution in [1.82, 2.24) is 0 Å². The third-order valence-corrected chi connectivity index (χ3v) is 1.62. The Bertz CT molecular complexity index is 289. The van der Waals surface area contributed by atoms with Crippen LogP contribution in [0.25, 0.3) is 0 Å². The smallest absolute Gasteiger partial charge is 0.320 e. The molecule has 0 aromatic rings. The molecule has 0 spiro atoms. The Morgan fingerprint density at radius 1 is 1.92 bits per heavy atom. The molecule has 1 rings (SSSR count). The number of amidine groups is 1. The van der Waals surface area contributed by atoms with Gasteiger partial charge in [0.2, 0.25) is 5.79 Å². The molecule has 2 atom stereocenters. The second kappa shape index (κ2) is 3.21. The third kappa shape index (κ3) is 2.32. The van der Waals surface area contributed by atoms with Gasteiger partial charge in [-0.05, 0) is 6.92 Å². The Kier molecular flexibility index (Phi) is 2.42. The molecule has 0 bridgehead atoms. The molecule has 1 heterocycles. The molecular formula is C7H10FN3O2. The highest BCUT2D eigenvalue weighted by molar-refractivity contribution is 5.96. The van der Waals surface area contributed by atoms with Gasteiger partial charge in [0.05, 0.1) is 6.21 Å². The first-order valence-corrected chi connectivity index (χ1v) is 3.72. The van der Waals surface area contributed by atoms with E-state index in [4.69, 9.17) is 10.8 Å². The van der Waals surface area contributed by atoms with E-state index >= 15 is 0 Å². The van der Waals surface area contributed by atoms with Crippen LogP contribution in [-0.4, -0.2) is 35.0 Å². The monoisotopic (exact) mass is 187 g/mol. The number of alkyl halides is 1. The second-order valence-corrected chi connectivity index (χ2v) is 2.88. The van der Waals surface area contributed by atoms with Crippen molar-refractivity contribution in [3.8, 4) is 0 Å². The molecular weight excluding hydrogens is 177 g/mol. The fourth-order valence-electron chi connectivity index (χ4n) is 1.01. The van der Waals surface area contributed by atoms with Gasteiger partial charge in [-0.25, -0.2) is 14.4 Å². The lowest BCUT2D eigenvalue weighted by molar-refractivity contribution is -0.139. The van der Waals surface area contributed by atoms with Crippen LogP contribution in [0.4, 0.5) is 4.39 Å². The maximum atomic E-state index is 13.5. The molecule has 0 saturated heterocycles. The number of halogens is 1. The Balaban J connectivity index is 2.65. The van der Waals surface area contributed by atoms with Gasteiger partial charge in [0.1, 0.15) is 11.9 Å². The molecule has 0 aromatic carbocycles. The average Bonchev–Trinajstić information content (AvgIpc) is 2.30. The van der Waals surface area contributed by atoms with Crippen LogP contribution in [0.15, 0.2) is 9.98 Å². The average molecular weight is 187 g/mol. The van der Waals surface area contributed by atoms with Crippen molar-refractivity contribution in [3.63, 3.8) is 0 Å². The van der Waals surface area contributed by atoms with Crippen LogP contribution in [0.1, 0.15) is 13.3 Å². The van der Waals surface area contributed by atoms with E-state index in [9.17, 15) is 9.18 Å². The summed E-state index contributed by atoms with van der Waals surface area (Å²) in [5.41, 5.74) is 5.16. The number of aliphatic imine (C=N–C) groups is 2. The van der Waals surface area contributed by atoms with Crippen LogP contribution < -0.4 is 5.73 Å². The zero-order valence-corrected chi connectivity index (χ0v) is 7.07. The van der Waals surface area contributed by atoms with Gasteiger partial charge in [-0.1, -0.05) is 0 Å². The normalized spacial score (nSPS) is 28.7. The van der Waals surface area contributed by atoms with Crippen molar-refractivity contribution in [3.05, 3.63) is 0 Å². The van der Waals surface area contributed by atoms with E-state index < -0.39 is 17.8 Å². The molecule has 0 saturated carbocycles. The predicted molar refractivity (Wildman–Crippen MR) is 45.7 cm³/mol. The molecule has 0 aliphatic carbocycles. The first-order chi connectivity index (χ1) is 5.93. The molecule has 1 aliphatic heterocycles. The van der Waals surface area contributed by atoms with Crippen molar-refractivity contribution >= 4 is 18.0 Å². The fraction of sp³-hybridized carbons (Fsp3) is 0.571. The van der Waals surface area contributed by atoms with E-state index in [-0.39, 0.29) is 6.42 Å². The molecule has 0 aromatic heterocycles. The van der Waals surface area contributed by atoms with Gasteiger partial charge in [0, 0.05) is 6.42 Å². The van der Waals surface area contributed by atoms with Gasteiger partial charge < -0.3 is 10.8 Å². The highest BCUT2D eigenvalue weighted by Crippen LogP contribution is 2.21. The first-order valence-electron chi connectivity index (χ1n) is 3.72. The summed E-state index contributed by atoms with van der Waals surface area (Å²) in [7, 11) is 0. The lowest BCUT2D eigenvalue weighted by atomic mass is 10.1. The summed E-state index contributed by atoms with van der Waals surface area (Å²) < 4.78 is 13.5. The van der Waals surface area contributed by atoms with Crippen LogP contribution in [0, 0.1) is 0 Å². The number of rotatable bonds is 3. The van der Waals surface area contributed by atoms with E-state index in [1.54, 1.807) is 0 Å². The maximum absolute atomic E-state index is 13.5. The molecule has 1 aliphatic rings. The van der Waals surface area contributed by atoms with Crippen molar-refractivity contribution < 1.29 is 14.3 Å². The number of aliphatic carboxylic acids is 1. The van der Waals surface area contributed by atoms with E-state index in [1.807, 2.05) is 0 Å². The summed E-state index contributed by atoms with van der Waals surface area (Å²) in [6.45, 7) is 1.53. The van der Waals surface area contributed by atoms with Crippen LogP contribution in [0.5, 0.6) is 0 Å². The van der Waals surface area contributed by atoms with Crippen LogP contribution in [0.3, 0.4) is 0 Å². The molecule has 72 valence electrons. The number of hydrogen-bond donors (Lipinski definition) is 2. The second-order valence-electron chi connectivity index (χ2n) is 2.88. The Morgan fingerprint density at radius 2 is 2.54 bits per heavy atom. The van der Waals surface area contributed by atoms with E-state index in [0.717, 1.165) is 6.21 Å². The van der Waals surface area contributed by atoms with Crippen molar-refractivity contribution in [2.24, 2.45) is 15.7 Å². The predicted octanol–water partition coefficient (Wildman–Crippen LogP) is -0.0430. The van der Waals surface area contributed by atoms with Crippen molar-refractivity contribution in [1.29, 1.82) is 0 Å². The van der Waals surface area contributed by atoms with Crippen LogP contribution in [-0.2, 0) is 4.79 Å². The lowest BCUT2D eigenvalue weighted by Crippen LogP contribution is -2.38. The zero-order chi connectivity index (χ0) is 10.1. The fourth-order valence-corrected chi connectivity index (χ4v) is 1.01. The largest absolute Gasteiger partial charge is 0.480 e. The van der Waals surface area contributed by atoms with Gasteiger partial charge in [0.25, 0.3) is 0 Å². The summed E-state index contributed by atoms with van der Waals surface area (Å²) in [6, 6.07) is -1.26. The highest BCUT2D eigenvalue weighted by atomic mass is 19.1. The minimum absolute atomic E-state index is 0.292. The Morgan fingerprint density at radius 3 is 2.92 bits per heavy atom. The summed E-state index contributed by atoms with van der Waals surface area (Å²) in [4.78, 5) is 17.5. The van der Waals surface area contributed by atoms with E-state index in [1.165, 1.54) is 6.92 Å². The molecule has 13 heavy (non-hydrogen) atoms. The van der Waals surface area contributed by atoms with Gasteiger partial charge >= 0.3 is 5.97 Å². The zero-order valence-electron chi connectivity index (χ0n) is 7.07. The Hall–Kier alpha value is -1.30. The number of carbonyl (C=O) groups is 1. The van der Waals surface area contributed by atoms with Gasteiger partial charge in [-0.3, -0.25) is 4.79 Å². The maximum Gasteiger partial charge on any atom is 0.320 e. The summed E-state index contributed by atoms with van der Waals surface area (Å²) in [5.74, 6) is -2.99. The van der Waals surface area contributed by atoms with Crippen molar-refractivity contribution in [2.45, 2.75) is 25.2 Å². The Labute approximate surface area is 74.2 Å². The molecule has 0 amide bonds. The first kappa shape index (κ1) is 9.79. The highest BCUT2D eigenvalue weighted by Gasteiger charge is 2.34. The molecule has 3 N–H and O–H groups in total. The van der Waals surface area contributed by atoms with Gasteiger partial charge in [0.15, 0.2) is 0 Å². The molecule has 2 unspecified atom stereocenters.